The molecule has 2 amide bonds. The van der Waals surface area contributed by atoms with Crippen LogP contribution in [0.3, 0.4) is 0 Å². The Labute approximate surface area is 106 Å². The summed E-state index contributed by atoms with van der Waals surface area (Å²) in [6, 6.07) is 1.38. The van der Waals surface area contributed by atoms with Gasteiger partial charge < -0.3 is 15.8 Å². The van der Waals surface area contributed by atoms with Crippen molar-refractivity contribution in [1.29, 1.82) is 0 Å². The fourth-order valence-corrected chi connectivity index (χ4v) is 1.26. The number of halogens is 3. The third-order valence-corrected chi connectivity index (χ3v) is 2.18. The van der Waals surface area contributed by atoms with Gasteiger partial charge in [0.15, 0.2) is 0 Å². The van der Waals surface area contributed by atoms with Crippen LogP contribution in [0.4, 0.5) is 13.6 Å². The van der Waals surface area contributed by atoms with Crippen LogP contribution in [0.15, 0.2) is 12.1 Å². The van der Waals surface area contributed by atoms with Crippen molar-refractivity contribution in [3.05, 3.63) is 34.4 Å². The second-order valence-electron chi connectivity index (χ2n) is 3.17. The molecule has 0 unspecified atom stereocenters. The van der Waals surface area contributed by atoms with Gasteiger partial charge in [-0.25, -0.2) is 13.6 Å². The zero-order valence-electron chi connectivity index (χ0n) is 9.00. The van der Waals surface area contributed by atoms with Crippen molar-refractivity contribution < 1.29 is 23.1 Å². The van der Waals surface area contributed by atoms with Gasteiger partial charge in [-0.15, -0.1) is 0 Å². The third-order valence-electron chi connectivity index (χ3n) is 1.89. The Morgan fingerprint density at radius 3 is 2.61 bits per heavy atom. The lowest BCUT2D eigenvalue weighted by molar-refractivity contribution is 0.0932. The van der Waals surface area contributed by atoms with E-state index >= 15 is 0 Å². The van der Waals surface area contributed by atoms with Gasteiger partial charge in [0.05, 0.1) is 17.1 Å². The summed E-state index contributed by atoms with van der Waals surface area (Å²) in [5, 5.41) is 1.80. The second kappa shape index (κ2) is 6.15. The number of hydrogen-bond donors (Lipinski definition) is 2. The van der Waals surface area contributed by atoms with Gasteiger partial charge in [0.1, 0.15) is 18.2 Å². The number of amides is 2. The fourth-order valence-electron chi connectivity index (χ4n) is 1.11. The van der Waals surface area contributed by atoms with E-state index in [-0.39, 0.29) is 13.2 Å². The minimum absolute atomic E-state index is 0.0779. The molecule has 18 heavy (non-hydrogen) atoms. The lowest BCUT2D eigenvalue weighted by atomic mass is 10.2. The van der Waals surface area contributed by atoms with Crippen LogP contribution in [0.2, 0.25) is 5.02 Å². The van der Waals surface area contributed by atoms with E-state index in [1.807, 2.05) is 0 Å². The van der Waals surface area contributed by atoms with Gasteiger partial charge in [0.25, 0.3) is 5.91 Å². The van der Waals surface area contributed by atoms with Gasteiger partial charge in [-0.1, -0.05) is 11.6 Å². The van der Waals surface area contributed by atoms with Crippen LogP contribution in [0.1, 0.15) is 10.4 Å². The van der Waals surface area contributed by atoms with Gasteiger partial charge in [0.2, 0.25) is 0 Å². The molecule has 0 aliphatic carbocycles. The highest BCUT2D eigenvalue weighted by atomic mass is 35.5. The molecule has 0 spiro atoms. The maximum absolute atomic E-state index is 13.3. The lowest BCUT2D eigenvalue weighted by Gasteiger charge is -2.06. The van der Waals surface area contributed by atoms with Crippen molar-refractivity contribution >= 4 is 23.6 Å². The maximum Gasteiger partial charge on any atom is 0.404 e. The standard InChI is InChI=1S/C10H9ClF2N2O3/c11-6-4-7(12)5(3-8(6)13)9(16)15-1-2-18-10(14)17/h3-4H,1-2H2,(H2,14,17)(H,15,16). The summed E-state index contributed by atoms with van der Waals surface area (Å²) in [6.07, 6.45) is -0.993. The fraction of sp³-hybridized carbons (Fsp3) is 0.200. The average Bonchev–Trinajstić information content (AvgIpc) is 2.28. The molecule has 0 aliphatic rings. The van der Waals surface area contributed by atoms with Crippen molar-refractivity contribution in [1.82, 2.24) is 5.32 Å². The molecule has 1 rings (SSSR count). The molecule has 0 aromatic heterocycles. The molecule has 98 valence electrons. The van der Waals surface area contributed by atoms with Gasteiger partial charge in [0, 0.05) is 0 Å². The predicted molar refractivity (Wildman–Crippen MR) is 59.2 cm³/mol. The van der Waals surface area contributed by atoms with E-state index in [1.165, 1.54) is 0 Å². The number of nitrogens with one attached hydrogen (secondary N) is 1. The number of ether oxygens (including phenoxy) is 1. The molecular weight excluding hydrogens is 270 g/mol. The van der Waals surface area contributed by atoms with E-state index in [4.69, 9.17) is 11.6 Å². The van der Waals surface area contributed by atoms with Crippen LogP contribution in [0.5, 0.6) is 0 Å². The Kier molecular flexibility index (Phi) is 4.85. The van der Waals surface area contributed by atoms with Crippen LogP contribution in [0.25, 0.3) is 0 Å². The normalized spacial score (nSPS) is 9.94. The number of carbonyl (C=O) groups excluding carboxylic acids is 2. The van der Waals surface area contributed by atoms with Crippen molar-refractivity contribution in [2.75, 3.05) is 13.2 Å². The second-order valence-corrected chi connectivity index (χ2v) is 3.58. The number of rotatable bonds is 4. The number of benzene rings is 1. The molecule has 0 heterocycles. The zero-order chi connectivity index (χ0) is 13.7. The van der Waals surface area contributed by atoms with E-state index < -0.39 is 34.2 Å². The van der Waals surface area contributed by atoms with Gasteiger partial charge in [-0.2, -0.15) is 0 Å². The van der Waals surface area contributed by atoms with Crippen LogP contribution in [-0.4, -0.2) is 25.2 Å². The van der Waals surface area contributed by atoms with Crippen molar-refractivity contribution in [2.24, 2.45) is 5.73 Å². The Bertz CT molecular complexity index is 482. The van der Waals surface area contributed by atoms with Crippen LogP contribution < -0.4 is 11.1 Å². The topological polar surface area (TPSA) is 81.4 Å². The number of hydrogen-bond acceptors (Lipinski definition) is 3. The monoisotopic (exact) mass is 278 g/mol. The van der Waals surface area contributed by atoms with E-state index in [9.17, 15) is 18.4 Å². The molecule has 3 N–H and O–H groups in total. The Hall–Kier alpha value is -1.89. The molecule has 5 nitrogen and oxygen atoms in total. The number of nitrogens with two attached hydrogens (primary N) is 1. The molecule has 0 fully saturated rings. The van der Waals surface area contributed by atoms with Crippen molar-refractivity contribution in [2.45, 2.75) is 0 Å². The average molecular weight is 279 g/mol. The summed E-state index contributed by atoms with van der Waals surface area (Å²) < 4.78 is 30.7. The van der Waals surface area contributed by atoms with Gasteiger partial charge in [-0.05, 0) is 12.1 Å². The number of carbonyl (C=O) groups is 2. The molecule has 0 atom stereocenters. The van der Waals surface area contributed by atoms with E-state index in [2.05, 4.69) is 15.8 Å². The predicted octanol–water partition coefficient (Wildman–Crippen LogP) is 1.44. The molecule has 0 aliphatic heterocycles. The quantitative estimate of drug-likeness (QED) is 0.646. The Morgan fingerprint density at radius 2 is 2.00 bits per heavy atom. The summed E-state index contributed by atoms with van der Waals surface area (Å²) in [5.41, 5.74) is 4.19. The SMILES string of the molecule is NC(=O)OCCNC(=O)c1cc(F)c(Cl)cc1F. The first-order chi connectivity index (χ1) is 8.41. The van der Waals surface area contributed by atoms with Crippen LogP contribution in [0, 0.1) is 11.6 Å². The van der Waals surface area contributed by atoms with Crippen LogP contribution >= 0.6 is 11.6 Å². The summed E-state index contributed by atoms with van der Waals surface area (Å²) >= 11 is 5.33. The molecule has 0 bridgehead atoms. The van der Waals surface area contributed by atoms with E-state index in [0.29, 0.717) is 12.1 Å². The maximum atomic E-state index is 13.3. The molecule has 1 aromatic carbocycles. The first-order valence-corrected chi connectivity index (χ1v) is 5.14. The van der Waals surface area contributed by atoms with Gasteiger partial charge in [-0.3, -0.25) is 4.79 Å². The van der Waals surface area contributed by atoms with Crippen molar-refractivity contribution in [3.63, 3.8) is 0 Å². The lowest BCUT2D eigenvalue weighted by Crippen LogP contribution is -2.29. The highest BCUT2D eigenvalue weighted by Gasteiger charge is 2.15. The Morgan fingerprint density at radius 1 is 1.33 bits per heavy atom. The van der Waals surface area contributed by atoms with E-state index in [1.54, 1.807) is 0 Å². The summed E-state index contributed by atoms with van der Waals surface area (Å²) in [6.45, 7) is -0.246. The summed E-state index contributed by atoms with van der Waals surface area (Å²) in [4.78, 5) is 21.7. The first kappa shape index (κ1) is 14.2. The smallest absolute Gasteiger partial charge is 0.404 e. The molecule has 0 saturated carbocycles. The highest BCUT2D eigenvalue weighted by Crippen LogP contribution is 2.19. The van der Waals surface area contributed by atoms with Gasteiger partial charge >= 0.3 is 6.09 Å². The molecule has 8 heteroatoms. The zero-order valence-corrected chi connectivity index (χ0v) is 9.76. The highest BCUT2D eigenvalue weighted by molar-refractivity contribution is 6.30. The largest absolute Gasteiger partial charge is 0.448 e. The first-order valence-electron chi connectivity index (χ1n) is 4.76. The molecule has 1 aromatic rings. The summed E-state index contributed by atoms with van der Waals surface area (Å²) in [7, 11) is 0. The third kappa shape index (κ3) is 3.85. The summed E-state index contributed by atoms with van der Waals surface area (Å²) in [5.74, 6) is -2.71. The minimum atomic E-state index is -0.993. The minimum Gasteiger partial charge on any atom is -0.448 e. The molecular formula is C10H9ClF2N2O3. The van der Waals surface area contributed by atoms with E-state index in [0.717, 1.165) is 0 Å². The number of primary amides is 1. The van der Waals surface area contributed by atoms with Crippen LogP contribution in [-0.2, 0) is 4.74 Å². The molecule has 0 saturated heterocycles. The molecule has 0 radical (unpaired) electrons. The Balaban J connectivity index is 2.62. The van der Waals surface area contributed by atoms with Crippen molar-refractivity contribution in [3.8, 4) is 0 Å².